The summed E-state index contributed by atoms with van der Waals surface area (Å²) in [7, 11) is 0. The van der Waals surface area contributed by atoms with Gasteiger partial charge in [-0.25, -0.2) is 4.79 Å². The van der Waals surface area contributed by atoms with E-state index in [1.807, 2.05) is 13.8 Å². The minimum Gasteiger partial charge on any atom is -0.463 e. The van der Waals surface area contributed by atoms with Gasteiger partial charge in [-0.1, -0.05) is 20.4 Å². The molecule has 0 rings (SSSR count). The Morgan fingerprint density at radius 1 is 1.38 bits per heavy atom. The van der Waals surface area contributed by atoms with Crippen LogP contribution < -0.4 is 5.32 Å². The molecule has 0 saturated carbocycles. The molecule has 0 heterocycles. The molecule has 0 aliphatic rings. The quantitative estimate of drug-likeness (QED) is 0.486. The molecule has 4 heteroatoms. The molecule has 16 heavy (non-hydrogen) atoms. The Morgan fingerprint density at radius 2 is 1.94 bits per heavy atom. The van der Waals surface area contributed by atoms with E-state index in [0.717, 1.165) is 12.8 Å². The van der Waals surface area contributed by atoms with Gasteiger partial charge in [-0.05, 0) is 19.8 Å². The van der Waals surface area contributed by atoms with E-state index in [1.165, 1.54) is 0 Å². The third-order valence-electron chi connectivity index (χ3n) is 2.90. The predicted molar refractivity (Wildman–Crippen MR) is 64.2 cm³/mol. The van der Waals surface area contributed by atoms with Crippen molar-refractivity contribution in [2.75, 3.05) is 19.8 Å². The molecular weight excluding hydrogens is 206 g/mol. The smallest absolute Gasteiger partial charge is 0.334 e. The van der Waals surface area contributed by atoms with Crippen LogP contribution in [-0.2, 0) is 9.53 Å². The summed E-state index contributed by atoms with van der Waals surface area (Å²) < 4.78 is 4.83. The zero-order valence-corrected chi connectivity index (χ0v) is 10.5. The lowest BCUT2D eigenvalue weighted by Gasteiger charge is -2.31. The molecular formula is C12H23NO3. The van der Waals surface area contributed by atoms with Crippen LogP contribution >= 0.6 is 0 Å². The van der Waals surface area contributed by atoms with E-state index in [-0.39, 0.29) is 18.1 Å². The lowest BCUT2D eigenvalue weighted by molar-refractivity contribution is -0.138. The first-order valence-corrected chi connectivity index (χ1v) is 5.76. The fourth-order valence-corrected chi connectivity index (χ4v) is 1.38. The number of aliphatic hydroxyl groups is 1. The van der Waals surface area contributed by atoms with Gasteiger partial charge < -0.3 is 15.2 Å². The molecule has 0 unspecified atom stereocenters. The molecule has 0 aliphatic heterocycles. The Balaban J connectivity index is 4.21. The number of aliphatic hydroxyl groups excluding tert-OH is 1. The second-order valence-corrected chi connectivity index (χ2v) is 3.82. The maximum atomic E-state index is 11.3. The van der Waals surface area contributed by atoms with Gasteiger partial charge in [-0.2, -0.15) is 0 Å². The molecule has 0 amide bonds. The number of hydrogen-bond donors (Lipinski definition) is 2. The Labute approximate surface area is 97.7 Å². The van der Waals surface area contributed by atoms with Crippen LogP contribution in [0.1, 0.15) is 33.6 Å². The summed E-state index contributed by atoms with van der Waals surface area (Å²) >= 11 is 0. The predicted octanol–water partition coefficient (Wildman–Crippen LogP) is 1.25. The molecule has 0 aromatic carbocycles. The number of ether oxygens (including phenoxy) is 1. The second-order valence-electron chi connectivity index (χ2n) is 3.82. The first-order chi connectivity index (χ1) is 7.55. The van der Waals surface area contributed by atoms with E-state index < -0.39 is 0 Å². The van der Waals surface area contributed by atoms with Gasteiger partial charge in [0.15, 0.2) is 0 Å². The van der Waals surface area contributed by atoms with Gasteiger partial charge in [-0.3, -0.25) is 0 Å². The number of carbonyl (C=O) groups excluding carboxylic acids is 1. The van der Waals surface area contributed by atoms with Crippen LogP contribution in [0.2, 0.25) is 0 Å². The minimum atomic E-state index is -0.381. The fraction of sp³-hybridized carbons (Fsp3) is 0.750. The zero-order chi connectivity index (χ0) is 12.6. The summed E-state index contributed by atoms with van der Waals surface area (Å²) in [5.74, 6) is -0.381. The standard InChI is InChI=1S/C12H23NO3/c1-5-12(6-2,9-14)13-8-10(4)11(15)16-7-3/h13-14H,4-9H2,1-3H3. The largest absolute Gasteiger partial charge is 0.463 e. The van der Waals surface area contributed by atoms with Crippen LogP contribution in [0, 0.1) is 0 Å². The van der Waals surface area contributed by atoms with Gasteiger partial charge in [0.05, 0.1) is 13.2 Å². The van der Waals surface area contributed by atoms with Crippen LogP contribution in [0.15, 0.2) is 12.2 Å². The fourth-order valence-electron chi connectivity index (χ4n) is 1.38. The van der Waals surface area contributed by atoms with Crippen molar-refractivity contribution in [3.8, 4) is 0 Å². The van der Waals surface area contributed by atoms with Crippen LogP contribution in [0.4, 0.5) is 0 Å². The molecule has 0 aromatic heterocycles. The Morgan fingerprint density at radius 3 is 2.31 bits per heavy atom. The van der Waals surface area contributed by atoms with Crippen molar-refractivity contribution in [3.63, 3.8) is 0 Å². The molecule has 0 fully saturated rings. The van der Waals surface area contributed by atoms with Crippen molar-refractivity contribution >= 4 is 5.97 Å². The summed E-state index contributed by atoms with van der Waals surface area (Å²) in [4.78, 5) is 11.3. The SMILES string of the molecule is C=C(CNC(CC)(CC)CO)C(=O)OCC. The summed E-state index contributed by atoms with van der Waals surface area (Å²) in [5.41, 5.74) is 0.0664. The van der Waals surface area contributed by atoms with Crippen molar-refractivity contribution in [1.29, 1.82) is 0 Å². The lowest BCUT2D eigenvalue weighted by atomic mass is 9.93. The number of esters is 1. The molecule has 0 bridgehead atoms. The van der Waals surface area contributed by atoms with Gasteiger partial charge in [-0.15, -0.1) is 0 Å². The van der Waals surface area contributed by atoms with Gasteiger partial charge >= 0.3 is 5.97 Å². The molecule has 4 nitrogen and oxygen atoms in total. The Hall–Kier alpha value is -0.870. The molecule has 0 spiro atoms. The normalized spacial score (nSPS) is 11.2. The monoisotopic (exact) mass is 229 g/mol. The van der Waals surface area contributed by atoms with E-state index >= 15 is 0 Å². The maximum absolute atomic E-state index is 11.3. The molecule has 0 radical (unpaired) electrons. The molecule has 0 aromatic rings. The Kier molecular flexibility index (Phi) is 7.01. The average Bonchev–Trinajstić information content (AvgIpc) is 2.31. The van der Waals surface area contributed by atoms with Gasteiger partial charge in [0.2, 0.25) is 0 Å². The topological polar surface area (TPSA) is 58.6 Å². The highest BCUT2D eigenvalue weighted by Crippen LogP contribution is 2.14. The first kappa shape index (κ1) is 15.1. The summed E-state index contributed by atoms with van der Waals surface area (Å²) in [6.07, 6.45) is 1.60. The summed E-state index contributed by atoms with van der Waals surface area (Å²) in [6, 6.07) is 0. The molecule has 94 valence electrons. The average molecular weight is 229 g/mol. The lowest BCUT2D eigenvalue weighted by Crippen LogP contribution is -2.48. The van der Waals surface area contributed by atoms with E-state index in [9.17, 15) is 9.90 Å². The third kappa shape index (κ3) is 4.33. The van der Waals surface area contributed by atoms with E-state index in [0.29, 0.717) is 18.7 Å². The van der Waals surface area contributed by atoms with Gasteiger partial charge in [0.1, 0.15) is 0 Å². The van der Waals surface area contributed by atoms with Crippen LogP contribution in [0.3, 0.4) is 0 Å². The Bertz CT molecular complexity index is 226. The van der Waals surface area contributed by atoms with Crippen molar-refractivity contribution in [1.82, 2.24) is 5.32 Å². The summed E-state index contributed by atoms with van der Waals surface area (Å²) in [6.45, 7) is 10.2. The van der Waals surface area contributed by atoms with Crippen LogP contribution in [-0.4, -0.2) is 36.4 Å². The van der Waals surface area contributed by atoms with Crippen LogP contribution in [0.25, 0.3) is 0 Å². The minimum absolute atomic E-state index is 0.0517. The van der Waals surface area contributed by atoms with Gasteiger partial charge in [0.25, 0.3) is 0 Å². The van der Waals surface area contributed by atoms with E-state index in [4.69, 9.17) is 4.74 Å². The van der Waals surface area contributed by atoms with Gasteiger partial charge in [0, 0.05) is 17.7 Å². The number of rotatable bonds is 8. The summed E-state index contributed by atoms with van der Waals surface area (Å²) in [5, 5.41) is 12.5. The van der Waals surface area contributed by atoms with Crippen molar-refractivity contribution < 1.29 is 14.6 Å². The van der Waals surface area contributed by atoms with Crippen molar-refractivity contribution in [2.24, 2.45) is 0 Å². The number of hydrogen-bond acceptors (Lipinski definition) is 4. The number of nitrogens with one attached hydrogen (secondary N) is 1. The molecule has 2 N–H and O–H groups in total. The highest BCUT2D eigenvalue weighted by atomic mass is 16.5. The second kappa shape index (κ2) is 7.41. The first-order valence-electron chi connectivity index (χ1n) is 5.76. The molecule has 0 saturated heterocycles. The van der Waals surface area contributed by atoms with Crippen molar-refractivity contribution in [3.05, 3.63) is 12.2 Å². The van der Waals surface area contributed by atoms with Crippen LogP contribution in [0.5, 0.6) is 0 Å². The van der Waals surface area contributed by atoms with Crippen molar-refractivity contribution in [2.45, 2.75) is 39.2 Å². The molecule has 0 atom stereocenters. The van der Waals surface area contributed by atoms with E-state index in [1.54, 1.807) is 6.92 Å². The highest BCUT2D eigenvalue weighted by molar-refractivity contribution is 5.88. The molecule has 0 aliphatic carbocycles. The van der Waals surface area contributed by atoms with E-state index in [2.05, 4.69) is 11.9 Å². The maximum Gasteiger partial charge on any atom is 0.334 e. The highest BCUT2D eigenvalue weighted by Gasteiger charge is 2.25. The zero-order valence-electron chi connectivity index (χ0n) is 10.5. The third-order valence-corrected chi connectivity index (χ3v) is 2.90. The number of carbonyl (C=O) groups is 1.